The van der Waals surface area contributed by atoms with E-state index in [0.717, 1.165) is 41.5 Å². The number of hydrogen-bond acceptors (Lipinski definition) is 5. The first kappa shape index (κ1) is 24.3. The average molecular weight is 512 g/mol. The third-order valence-corrected chi connectivity index (χ3v) is 7.54. The number of hydrogen-bond donors (Lipinski definition) is 1. The van der Waals surface area contributed by atoms with E-state index < -0.39 is 5.60 Å². The van der Waals surface area contributed by atoms with E-state index in [9.17, 15) is 4.79 Å². The molecule has 196 valence electrons. The summed E-state index contributed by atoms with van der Waals surface area (Å²) in [4.78, 5) is 19.4. The molecule has 1 N–H and O–H groups in total. The fraction of sp³-hybridized carbons (Fsp3) is 0.367. The van der Waals surface area contributed by atoms with Crippen molar-refractivity contribution in [2.24, 2.45) is 7.05 Å². The number of aromatic nitrogens is 3. The highest BCUT2D eigenvalue weighted by atomic mass is 16.6. The van der Waals surface area contributed by atoms with Gasteiger partial charge >= 0.3 is 6.09 Å². The van der Waals surface area contributed by atoms with Crippen LogP contribution in [0.3, 0.4) is 0 Å². The topological polar surface area (TPSA) is 85.4 Å². The monoisotopic (exact) mass is 511 g/mol. The summed E-state index contributed by atoms with van der Waals surface area (Å²) in [6.07, 6.45) is 6.15. The Morgan fingerprint density at radius 3 is 2.71 bits per heavy atom. The number of amides is 1. The summed E-state index contributed by atoms with van der Waals surface area (Å²) in [6.45, 7) is 6.10. The number of rotatable bonds is 4. The minimum Gasteiger partial charge on any atom is -0.487 e. The molecule has 1 saturated heterocycles. The molecule has 0 aliphatic carbocycles. The summed E-state index contributed by atoms with van der Waals surface area (Å²) in [7, 11) is 2.11. The van der Waals surface area contributed by atoms with E-state index in [1.165, 1.54) is 11.3 Å². The summed E-state index contributed by atoms with van der Waals surface area (Å²) < 4.78 is 15.7. The number of aryl methyl sites for hydroxylation is 1. The Kier molecular flexibility index (Phi) is 5.78. The first-order chi connectivity index (χ1) is 18.2. The van der Waals surface area contributed by atoms with Crippen molar-refractivity contribution >= 4 is 17.0 Å². The van der Waals surface area contributed by atoms with Crippen LogP contribution in [0.2, 0.25) is 0 Å². The summed E-state index contributed by atoms with van der Waals surface area (Å²) >= 11 is 0. The molecule has 2 aliphatic rings. The van der Waals surface area contributed by atoms with Crippen LogP contribution in [0.1, 0.15) is 56.6 Å². The molecule has 0 saturated carbocycles. The molecule has 1 amide bonds. The zero-order chi connectivity index (χ0) is 26.6. The maximum atomic E-state index is 13.1. The van der Waals surface area contributed by atoms with Gasteiger partial charge < -0.3 is 18.6 Å². The highest BCUT2D eigenvalue weighted by Gasteiger charge is 2.46. The van der Waals surface area contributed by atoms with Gasteiger partial charge in [-0.25, -0.2) is 4.79 Å². The predicted molar refractivity (Wildman–Crippen MR) is 144 cm³/mol. The first-order valence-electron chi connectivity index (χ1n) is 13.1. The van der Waals surface area contributed by atoms with E-state index in [2.05, 4.69) is 28.7 Å². The smallest absolute Gasteiger partial charge is 0.411 e. The van der Waals surface area contributed by atoms with Crippen LogP contribution in [0.25, 0.3) is 16.6 Å². The van der Waals surface area contributed by atoms with Crippen LogP contribution >= 0.6 is 0 Å². The van der Waals surface area contributed by atoms with Crippen molar-refractivity contribution in [1.29, 1.82) is 5.41 Å². The predicted octanol–water partition coefficient (Wildman–Crippen LogP) is 5.42. The Balaban J connectivity index is 1.30. The second-order valence-electron chi connectivity index (χ2n) is 11.2. The molecule has 6 rings (SSSR count). The van der Waals surface area contributed by atoms with Crippen molar-refractivity contribution in [3.8, 4) is 11.4 Å². The molecular formula is C30H33N5O3. The lowest BCUT2D eigenvalue weighted by Crippen LogP contribution is -2.44. The molecule has 38 heavy (non-hydrogen) atoms. The lowest BCUT2D eigenvalue weighted by molar-refractivity contribution is 0.0124. The maximum absolute atomic E-state index is 13.1. The quantitative estimate of drug-likeness (QED) is 0.397. The second-order valence-corrected chi connectivity index (χ2v) is 11.2. The molecule has 2 unspecified atom stereocenters. The fourth-order valence-corrected chi connectivity index (χ4v) is 5.89. The van der Waals surface area contributed by atoms with E-state index in [0.29, 0.717) is 17.8 Å². The fourth-order valence-electron chi connectivity index (χ4n) is 5.89. The van der Waals surface area contributed by atoms with Crippen molar-refractivity contribution < 1.29 is 14.3 Å². The van der Waals surface area contributed by atoms with E-state index in [1.54, 1.807) is 12.3 Å². The van der Waals surface area contributed by atoms with Crippen LogP contribution in [0.4, 0.5) is 4.79 Å². The van der Waals surface area contributed by atoms with Gasteiger partial charge in [0.2, 0.25) is 0 Å². The minimum absolute atomic E-state index is 0.0306. The molecule has 1 fully saturated rings. The molecular weight excluding hydrogens is 478 g/mol. The maximum Gasteiger partial charge on any atom is 0.411 e. The van der Waals surface area contributed by atoms with E-state index in [4.69, 9.17) is 14.9 Å². The average Bonchev–Trinajstić information content (AvgIpc) is 3.35. The second kappa shape index (κ2) is 9.04. The zero-order valence-electron chi connectivity index (χ0n) is 22.3. The van der Waals surface area contributed by atoms with Crippen molar-refractivity contribution in [2.75, 3.05) is 0 Å². The number of carbonyl (C=O) groups is 1. The standard InChI is InChI=1S/C30H33N5O3/c1-30(2,3)38-29(36)35-21-9-11-24(35)28-23-10-8-20(15-25(23)33(4)26(28)16-21)34-14-12-22(17-27(34)31)37-18-19-7-5-6-13-32-19/h5-8,10,12-15,17,21,24,31H,9,11,16,18H2,1-4H3. The van der Waals surface area contributed by atoms with Gasteiger partial charge in [-0.1, -0.05) is 12.1 Å². The molecule has 0 spiro atoms. The number of benzene rings is 1. The summed E-state index contributed by atoms with van der Waals surface area (Å²) in [5.41, 5.74) is 5.19. The molecule has 3 aromatic heterocycles. The van der Waals surface area contributed by atoms with Gasteiger partial charge in [0.05, 0.1) is 17.3 Å². The molecule has 2 aliphatic heterocycles. The SMILES string of the molecule is Cn1c2c(c3ccc(-n4ccc(OCc5ccccn5)cc4=N)cc31)C1CCC(C2)N1C(=O)OC(C)(C)C. The third-order valence-electron chi connectivity index (χ3n) is 7.54. The minimum atomic E-state index is -0.519. The van der Waals surface area contributed by atoms with Crippen LogP contribution in [-0.2, 0) is 24.8 Å². The lowest BCUT2D eigenvalue weighted by Gasteiger charge is -2.36. The number of fused-ring (bicyclic) bond motifs is 6. The van der Waals surface area contributed by atoms with Crippen molar-refractivity contribution in [3.05, 3.63) is 83.4 Å². The van der Waals surface area contributed by atoms with Crippen LogP contribution < -0.4 is 10.2 Å². The third kappa shape index (κ3) is 4.23. The molecule has 2 atom stereocenters. The molecule has 5 heterocycles. The Bertz CT molecular complexity index is 1580. The van der Waals surface area contributed by atoms with Gasteiger partial charge in [0.1, 0.15) is 23.4 Å². The van der Waals surface area contributed by atoms with Gasteiger partial charge in [0.15, 0.2) is 0 Å². The summed E-state index contributed by atoms with van der Waals surface area (Å²) in [5.74, 6) is 0.630. The summed E-state index contributed by atoms with van der Waals surface area (Å²) in [5, 5.41) is 9.80. The highest BCUT2D eigenvalue weighted by molar-refractivity contribution is 5.89. The number of carbonyl (C=O) groups excluding carboxylic acids is 1. The van der Waals surface area contributed by atoms with Gasteiger partial charge in [-0.3, -0.25) is 15.3 Å². The van der Waals surface area contributed by atoms with Gasteiger partial charge in [0, 0.05) is 60.3 Å². The van der Waals surface area contributed by atoms with E-state index in [-0.39, 0.29) is 18.2 Å². The van der Waals surface area contributed by atoms with Crippen LogP contribution in [0, 0.1) is 5.41 Å². The Morgan fingerprint density at radius 2 is 1.97 bits per heavy atom. The molecule has 8 heteroatoms. The lowest BCUT2D eigenvalue weighted by atomic mass is 9.97. The Morgan fingerprint density at radius 1 is 1.13 bits per heavy atom. The highest BCUT2D eigenvalue weighted by Crippen LogP contribution is 2.48. The van der Waals surface area contributed by atoms with Crippen molar-refractivity contribution in [1.82, 2.24) is 19.0 Å². The van der Waals surface area contributed by atoms with Gasteiger partial charge in [0.25, 0.3) is 0 Å². The summed E-state index contributed by atoms with van der Waals surface area (Å²) in [6, 6.07) is 15.8. The van der Waals surface area contributed by atoms with Crippen molar-refractivity contribution in [3.63, 3.8) is 0 Å². The van der Waals surface area contributed by atoms with Crippen LogP contribution in [-0.4, -0.2) is 36.8 Å². The van der Waals surface area contributed by atoms with Crippen molar-refractivity contribution in [2.45, 2.75) is 64.3 Å². The van der Waals surface area contributed by atoms with Crippen LogP contribution in [0.5, 0.6) is 5.75 Å². The van der Waals surface area contributed by atoms with E-state index in [1.807, 2.05) is 66.8 Å². The van der Waals surface area contributed by atoms with E-state index >= 15 is 0 Å². The molecule has 0 radical (unpaired) electrons. The van der Waals surface area contributed by atoms with Gasteiger partial charge in [-0.2, -0.15) is 0 Å². The number of nitrogens with one attached hydrogen (secondary N) is 1. The number of ether oxygens (including phenoxy) is 2. The van der Waals surface area contributed by atoms with Gasteiger partial charge in [-0.15, -0.1) is 0 Å². The number of pyridine rings is 2. The molecule has 2 bridgehead atoms. The zero-order valence-corrected chi connectivity index (χ0v) is 22.3. The normalized spacial score (nSPS) is 18.5. The largest absolute Gasteiger partial charge is 0.487 e. The number of nitrogens with zero attached hydrogens (tertiary/aromatic N) is 4. The molecule has 4 aromatic rings. The molecule has 8 nitrogen and oxygen atoms in total. The van der Waals surface area contributed by atoms with Gasteiger partial charge in [-0.05, 0) is 63.9 Å². The first-order valence-corrected chi connectivity index (χ1v) is 13.1. The Hall–Kier alpha value is -4.07. The van der Waals surface area contributed by atoms with Crippen LogP contribution in [0.15, 0.2) is 60.9 Å². The molecule has 1 aromatic carbocycles. The Labute approximate surface area is 221 Å².